The van der Waals surface area contributed by atoms with E-state index in [9.17, 15) is 18.0 Å². The fourth-order valence-electron chi connectivity index (χ4n) is 3.96. The Kier molecular flexibility index (Phi) is 6.30. The quantitative estimate of drug-likeness (QED) is 0.527. The first-order valence-corrected chi connectivity index (χ1v) is 10.7. The van der Waals surface area contributed by atoms with Crippen LogP contribution in [0.1, 0.15) is 54.2 Å². The molecule has 8 nitrogen and oxygen atoms in total. The SMILES string of the molecule is CCCCn1cc(NC(=O)c2cnn3c2NC(c2ccccc2OC)CC3C(F)(F)F)cn1. The topological polar surface area (TPSA) is 86.0 Å². The Morgan fingerprint density at radius 2 is 2.06 bits per heavy atom. The van der Waals surface area contributed by atoms with Gasteiger partial charge in [0, 0.05) is 24.7 Å². The van der Waals surface area contributed by atoms with Gasteiger partial charge >= 0.3 is 6.18 Å². The third kappa shape index (κ3) is 4.67. The van der Waals surface area contributed by atoms with E-state index in [1.165, 1.54) is 13.3 Å². The highest BCUT2D eigenvalue weighted by Gasteiger charge is 2.47. The fraction of sp³-hybridized carbons (Fsp3) is 0.409. The van der Waals surface area contributed by atoms with Crippen molar-refractivity contribution in [3.63, 3.8) is 0 Å². The Morgan fingerprint density at radius 1 is 1.27 bits per heavy atom. The van der Waals surface area contributed by atoms with Crippen LogP contribution >= 0.6 is 0 Å². The molecule has 0 aliphatic carbocycles. The summed E-state index contributed by atoms with van der Waals surface area (Å²) in [5.41, 5.74) is 1.05. The minimum Gasteiger partial charge on any atom is -0.496 e. The van der Waals surface area contributed by atoms with Crippen LogP contribution in [0.3, 0.4) is 0 Å². The summed E-state index contributed by atoms with van der Waals surface area (Å²) in [5, 5.41) is 13.9. The number of ether oxygens (including phenoxy) is 1. The van der Waals surface area contributed by atoms with Gasteiger partial charge in [0.15, 0.2) is 6.04 Å². The van der Waals surface area contributed by atoms with Crippen molar-refractivity contribution in [2.45, 2.75) is 51.0 Å². The maximum Gasteiger partial charge on any atom is 0.410 e. The second kappa shape index (κ2) is 9.16. The van der Waals surface area contributed by atoms with E-state index < -0.39 is 24.2 Å². The van der Waals surface area contributed by atoms with Crippen LogP contribution in [0.25, 0.3) is 0 Å². The van der Waals surface area contributed by atoms with E-state index in [1.54, 1.807) is 35.1 Å². The number of benzene rings is 1. The van der Waals surface area contributed by atoms with Crippen molar-refractivity contribution in [3.8, 4) is 5.75 Å². The molecule has 2 N–H and O–H groups in total. The molecule has 0 fully saturated rings. The predicted molar refractivity (Wildman–Crippen MR) is 116 cm³/mol. The van der Waals surface area contributed by atoms with Crippen LogP contribution in [-0.4, -0.2) is 38.8 Å². The number of rotatable bonds is 7. The molecule has 2 unspecified atom stereocenters. The number of alkyl halides is 3. The highest BCUT2D eigenvalue weighted by atomic mass is 19.4. The highest BCUT2D eigenvalue weighted by Crippen LogP contribution is 2.45. The molecule has 0 saturated carbocycles. The molecule has 0 saturated heterocycles. The van der Waals surface area contributed by atoms with Gasteiger partial charge in [0.1, 0.15) is 17.1 Å². The van der Waals surface area contributed by atoms with Crippen LogP contribution in [0.2, 0.25) is 0 Å². The van der Waals surface area contributed by atoms with Crippen molar-refractivity contribution in [2.75, 3.05) is 17.7 Å². The number of aryl methyl sites for hydroxylation is 1. The van der Waals surface area contributed by atoms with Crippen LogP contribution in [0.4, 0.5) is 24.7 Å². The van der Waals surface area contributed by atoms with Gasteiger partial charge in [-0.1, -0.05) is 31.5 Å². The Hall–Kier alpha value is -3.50. The Balaban J connectivity index is 1.64. The number of hydrogen-bond donors (Lipinski definition) is 2. The molecular formula is C22H25F3N6O2. The molecule has 11 heteroatoms. The molecule has 33 heavy (non-hydrogen) atoms. The summed E-state index contributed by atoms with van der Waals surface area (Å²) in [6.07, 6.45) is 1.46. The number of para-hydroxylation sites is 1. The Morgan fingerprint density at radius 3 is 2.79 bits per heavy atom. The normalized spacial score (nSPS) is 17.8. The highest BCUT2D eigenvalue weighted by molar-refractivity contribution is 6.07. The lowest BCUT2D eigenvalue weighted by atomic mass is 9.95. The van der Waals surface area contributed by atoms with Gasteiger partial charge in [-0.15, -0.1) is 0 Å². The average molecular weight is 462 g/mol. The van der Waals surface area contributed by atoms with E-state index in [4.69, 9.17) is 4.74 Å². The number of unbranched alkanes of at least 4 members (excludes halogenated alkanes) is 1. The summed E-state index contributed by atoms with van der Waals surface area (Å²) in [6.45, 7) is 2.78. The largest absolute Gasteiger partial charge is 0.496 e. The average Bonchev–Trinajstić information content (AvgIpc) is 3.43. The van der Waals surface area contributed by atoms with Gasteiger partial charge < -0.3 is 15.4 Å². The zero-order valence-corrected chi connectivity index (χ0v) is 18.3. The van der Waals surface area contributed by atoms with Gasteiger partial charge in [-0.2, -0.15) is 23.4 Å². The van der Waals surface area contributed by atoms with Crippen LogP contribution in [0, 0.1) is 0 Å². The first-order chi connectivity index (χ1) is 15.8. The predicted octanol–water partition coefficient (Wildman–Crippen LogP) is 4.80. The molecule has 176 valence electrons. The van der Waals surface area contributed by atoms with E-state index in [1.807, 2.05) is 0 Å². The van der Waals surface area contributed by atoms with E-state index in [0.29, 0.717) is 23.5 Å². The van der Waals surface area contributed by atoms with Crippen LogP contribution in [0.5, 0.6) is 5.75 Å². The summed E-state index contributed by atoms with van der Waals surface area (Å²) < 4.78 is 49.7. The molecular weight excluding hydrogens is 437 g/mol. The summed E-state index contributed by atoms with van der Waals surface area (Å²) in [7, 11) is 1.46. The maximum absolute atomic E-state index is 13.9. The number of hydrogen-bond acceptors (Lipinski definition) is 5. The van der Waals surface area contributed by atoms with Crippen LogP contribution < -0.4 is 15.4 Å². The summed E-state index contributed by atoms with van der Waals surface area (Å²) in [6, 6.07) is 4.27. The number of amides is 1. The first kappa shape index (κ1) is 22.7. The zero-order chi connectivity index (χ0) is 23.6. The minimum absolute atomic E-state index is 0.00959. The van der Waals surface area contributed by atoms with Crippen molar-refractivity contribution in [1.82, 2.24) is 19.6 Å². The smallest absolute Gasteiger partial charge is 0.410 e. The Bertz CT molecular complexity index is 1120. The molecule has 0 bridgehead atoms. The lowest BCUT2D eigenvalue weighted by Crippen LogP contribution is -2.36. The molecule has 1 aliphatic heterocycles. The lowest BCUT2D eigenvalue weighted by molar-refractivity contribution is -0.173. The van der Waals surface area contributed by atoms with Gasteiger partial charge in [-0.3, -0.25) is 9.48 Å². The van der Waals surface area contributed by atoms with E-state index in [0.717, 1.165) is 23.7 Å². The molecule has 1 aromatic carbocycles. The second-order valence-corrected chi connectivity index (χ2v) is 7.88. The number of anilines is 2. The second-order valence-electron chi connectivity index (χ2n) is 7.88. The molecule has 3 aromatic rings. The molecule has 4 rings (SSSR count). The van der Waals surface area contributed by atoms with Crippen LogP contribution in [-0.2, 0) is 6.54 Å². The molecule has 2 aromatic heterocycles. The molecule has 2 atom stereocenters. The molecule has 1 amide bonds. The van der Waals surface area contributed by atoms with Crippen molar-refractivity contribution in [3.05, 3.63) is 54.0 Å². The van der Waals surface area contributed by atoms with Crippen molar-refractivity contribution in [1.29, 1.82) is 0 Å². The molecule has 1 aliphatic rings. The monoisotopic (exact) mass is 462 g/mol. The van der Waals surface area contributed by atoms with E-state index in [-0.39, 0.29) is 17.8 Å². The van der Waals surface area contributed by atoms with Crippen molar-refractivity contribution < 1.29 is 22.7 Å². The number of methoxy groups -OCH3 is 1. The molecule has 0 spiro atoms. The number of carbonyl (C=O) groups is 1. The summed E-state index contributed by atoms with van der Waals surface area (Å²) >= 11 is 0. The van der Waals surface area contributed by atoms with Gasteiger partial charge in [0.25, 0.3) is 5.91 Å². The van der Waals surface area contributed by atoms with Gasteiger partial charge in [-0.25, -0.2) is 4.68 Å². The number of nitrogens with one attached hydrogen (secondary N) is 2. The van der Waals surface area contributed by atoms with Gasteiger partial charge in [0.2, 0.25) is 0 Å². The molecule has 0 radical (unpaired) electrons. The van der Waals surface area contributed by atoms with E-state index in [2.05, 4.69) is 27.8 Å². The zero-order valence-electron chi connectivity index (χ0n) is 18.3. The standard InChI is InChI=1S/C22H25F3N6O2/c1-3-4-9-30-13-14(11-26-30)28-21(32)16-12-27-31-19(22(23,24)25)10-17(29-20(16)31)15-7-5-6-8-18(15)33-2/h5-8,11-13,17,19,29H,3-4,9-10H2,1-2H3,(H,28,32). The van der Waals surface area contributed by atoms with Crippen molar-refractivity contribution >= 4 is 17.4 Å². The van der Waals surface area contributed by atoms with Crippen LogP contribution in [0.15, 0.2) is 42.9 Å². The van der Waals surface area contributed by atoms with Gasteiger partial charge in [-0.05, 0) is 12.5 Å². The van der Waals surface area contributed by atoms with E-state index >= 15 is 0 Å². The lowest BCUT2D eigenvalue weighted by Gasteiger charge is -2.34. The number of aromatic nitrogens is 4. The summed E-state index contributed by atoms with van der Waals surface area (Å²) in [5.74, 6) is -0.0925. The number of carbonyl (C=O) groups excluding carboxylic acids is 1. The summed E-state index contributed by atoms with van der Waals surface area (Å²) in [4.78, 5) is 12.9. The fourth-order valence-corrected chi connectivity index (χ4v) is 3.96. The van der Waals surface area contributed by atoms with Gasteiger partial charge in [0.05, 0.1) is 31.2 Å². The third-order valence-electron chi connectivity index (χ3n) is 5.63. The molecule has 3 heterocycles. The first-order valence-electron chi connectivity index (χ1n) is 10.7. The number of fused-ring (bicyclic) bond motifs is 1. The maximum atomic E-state index is 13.9. The third-order valence-corrected chi connectivity index (χ3v) is 5.63. The minimum atomic E-state index is -4.54. The number of nitrogens with zero attached hydrogens (tertiary/aromatic N) is 4. The Labute approximate surface area is 188 Å². The van der Waals surface area contributed by atoms with Crippen molar-refractivity contribution in [2.24, 2.45) is 0 Å². The number of halogens is 3.